The molecule has 4 rings (SSSR count). The van der Waals surface area contributed by atoms with Gasteiger partial charge >= 0.3 is 0 Å². The van der Waals surface area contributed by atoms with Crippen LogP contribution in [-0.4, -0.2) is 10.1 Å². The first-order valence-corrected chi connectivity index (χ1v) is 8.90. The van der Waals surface area contributed by atoms with Crippen LogP contribution in [0.1, 0.15) is 29.9 Å². The summed E-state index contributed by atoms with van der Waals surface area (Å²) in [6.07, 6.45) is 4.86. The van der Waals surface area contributed by atoms with Gasteiger partial charge in [-0.05, 0) is 73.2 Å². The lowest BCUT2D eigenvalue weighted by Gasteiger charge is -2.16. The van der Waals surface area contributed by atoms with Crippen molar-refractivity contribution < 1.29 is 9.26 Å². The summed E-state index contributed by atoms with van der Waals surface area (Å²) in [7, 11) is 0. The Balaban J connectivity index is 1.44. The highest BCUT2D eigenvalue weighted by molar-refractivity contribution is 9.10. The maximum atomic E-state index is 5.82. The Bertz CT molecular complexity index is 843. The largest absolute Gasteiger partial charge is 0.484 e. The number of halogens is 1. The van der Waals surface area contributed by atoms with E-state index >= 15 is 0 Å². The lowest BCUT2D eigenvalue weighted by Crippen LogP contribution is -2.03. The van der Waals surface area contributed by atoms with E-state index in [1.165, 1.54) is 30.4 Å². The number of rotatable bonds is 4. The predicted molar refractivity (Wildman–Crippen MR) is 94.9 cm³/mol. The molecule has 122 valence electrons. The van der Waals surface area contributed by atoms with E-state index in [2.05, 4.69) is 38.2 Å². The fourth-order valence-corrected chi connectivity index (χ4v) is 3.24. The van der Waals surface area contributed by atoms with E-state index in [0.717, 1.165) is 22.2 Å². The molecule has 0 amide bonds. The van der Waals surface area contributed by atoms with Gasteiger partial charge in [0.2, 0.25) is 5.82 Å². The van der Waals surface area contributed by atoms with Gasteiger partial charge in [-0.3, -0.25) is 0 Å². The third-order valence-electron chi connectivity index (χ3n) is 4.25. The molecule has 24 heavy (non-hydrogen) atoms. The molecule has 0 N–H and O–H groups in total. The van der Waals surface area contributed by atoms with Crippen LogP contribution < -0.4 is 4.74 Å². The first-order chi connectivity index (χ1) is 11.8. The molecule has 1 aromatic heterocycles. The van der Waals surface area contributed by atoms with Crippen LogP contribution >= 0.6 is 15.9 Å². The van der Waals surface area contributed by atoms with Crippen molar-refractivity contribution in [3.05, 3.63) is 64.0 Å². The smallest absolute Gasteiger partial charge is 0.264 e. The number of aryl methyl sites for hydroxylation is 2. The van der Waals surface area contributed by atoms with Gasteiger partial charge in [-0.1, -0.05) is 27.2 Å². The molecule has 1 aliphatic rings. The molecule has 0 radical (unpaired) electrons. The first kappa shape index (κ1) is 15.4. The number of aromatic nitrogens is 2. The molecule has 0 fully saturated rings. The summed E-state index contributed by atoms with van der Waals surface area (Å²) in [5.41, 5.74) is 3.77. The van der Waals surface area contributed by atoms with Gasteiger partial charge in [0.05, 0.1) is 0 Å². The van der Waals surface area contributed by atoms with Crippen LogP contribution in [0.4, 0.5) is 0 Å². The Morgan fingerprint density at radius 2 is 1.79 bits per heavy atom. The summed E-state index contributed by atoms with van der Waals surface area (Å²) < 4.78 is 12.1. The number of fused-ring (bicyclic) bond motifs is 1. The number of hydrogen-bond acceptors (Lipinski definition) is 4. The van der Waals surface area contributed by atoms with E-state index in [-0.39, 0.29) is 6.61 Å². The normalized spacial score (nSPS) is 13.5. The summed E-state index contributed by atoms with van der Waals surface area (Å²) in [5, 5.41) is 4.02. The summed E-state index contributed by atoms with van der Waals surface area (Å²) in [5.74, 6) is 1.91. The molecule has 0 spiro atoms. The zero-order valence-electron chi connectivity index (χ0n) is 13.2. The lowest BCUT2D eigenvalue weighted by molar-refractivity contribution is 0.242. The maximum Gasteiger partial charge on any atom is 0.264 e. The SMILES string of the molecule is Brc1ccc(-c2noc(COc3ccc4c(c3)CCCC4)n2)cc1. The summed E-state index contributed by atoms with van der Waals surface area (Å²) in [6.45, 7) is 0.280. The Kier molecular flexibility index (Phi) is 4.34. The van der Waals surface area contributed by atoms with E-state index in [1.807, 2.05) is 30.3 Å². The van der Waals surface area contributed by atoms with Crippen molar-refractivity contribution in [3.8, 4) is 17.1 Å². The van der Waals surface area contributed by atoms with E-state index < -0.39 is 0 Å². The molecule has 0 unspecified atom stereocenters. The average Bonchev–Trinajstić information content (AvgIpc) is 3.09. The predicted octanol–water partition coefficient (Wildman–Crippen LogP) is 4.96. The Morgan fingerprint density at radius 3 is 2.62 bits per heavy atom. The molecular formula is C19H17BrN2O2. The Hall–Kier alpha value is -2.14. The van der Waals surface area contributed by atoms with Crippen molar-refractivity contribution in [2.24, 2.45) is 0 Å². The van der Waals surface area contributed by atoms with E-state index in [4.69, 9.17) is 9.26 Å². The molecule has 0 saturated heterocycles. The zero-order chi connectivity index (χ0) is 16.4. The van der Waals surface area contributed by atoms with Crippen LogP contribution in [0.5, 0.6) is 5.75 Å². The molecule has 0 bridgehead atoms. The third-order valence-corrected chi connectivity index (χ3v) is 4.78. The van der Waals surface area contributed by atoms with Crippen LogP contribution in [0, 0.1) is 0 Å². The number of nitrogens with zero attached hydrogens (tertiary/aromatic N) is 2. The molecule has 3 aromatic rings. The highest BCUT2D eigenvalue weighted by atomic mass is 79.9. The van der Waals surface area contributed by atoms with Crippen molar-refractivity contribution in [1.82, 2.24) is 10.1 Å². The van der Waals surface area contributed by atoms with Gasteiger partial charge in [0.15, 0.2) is 6.61 Å². The fourth-order valence-electron chi connectivity index (χ4n) is 2.97. The second kappa shape index (κ2) is 6.77. The zero-order valence-corrected chi connectivity index (χ0v) is 14.8. The summed E-state index contributed by atoms with van der Waals surface area (Å²) in [6, 6.07) is 14.1. The quantitative estimate of drug-likeness (QED) is 0.637. The molecule has 5 heteroatoms. The van der Waals surface area contributed by atoms with E-state index in [0.29, 0.717) is 11.7 Å². The second-order valence-corrected chi connectivity index (χ2v) is 6.86. The van der Waals surface area contributed by atoms with Crippen molar-refractivity contribution in [3.63, 3.8) is 0 Å². The summed E-state index contributed by atoms with van der Waals surface area (Å²) >= 11 is 3.42. The molecule has 0 saturated carbocycles. The highest BCUT2D eigenvalue weighted by Gasteiger charge is 2.12. The molecule has 2 aromatic carbocycles. The van der Waals surface area contributed by atoms with Crippen molar-refractivity contribution in [1.29, 1.82) is 0 Å². The maximum absolute atomic E-state index is 5.82. The Morgan fingerprint density at radius 1 is 1.00 bits per heavy atom. The number of benzene rings is 2. The van der Waals surface area contributed by atoms with Gasteiger partial charge in [0.1, 0.15) is 5.75 Å². The molecule has 0 atom stereocenters. The minimum atomic E-state index is 0.280. The summed E-state index contributed by atoms with van der Waals surface area (Å²) in [4.78, 5) is 4.39. The fraction of sp³-hybridized carbons (Fsp3) is 0.263. The second-order valence-electron chi connectivity index (χ2n) is 5.94. The van der Waals surface area contributed by atoms with Crippen LogP contribution in [0.25, 0.3) is 11.4 Å². The third kappa shape index (κ3) is 3.36. The van der Waals surface area contributed by atoms with Crippen molar-refractivity contribution >= 4 is 15.9 Å². The van der Waals surface area contributed by atoms with Gasteiger partial charge in [-0.25, -0.2) is 0 Å². The van der Waals surface area contributed by atoms with E-state index in [1.54, 1.807) is 0 Å². The highest BCUT2D eigenvalue weighted by Crippen LogP contribution is 2.26. The minimum absolute atomic E-state index is 0.280. The molecule has 0 aliphatic heterocycles. The Labute approximate surface area is 149 Å². The molecule has 1 aliphatic carbocycles. The van der Waals surface area contributed by atoms with Gasteiger partial charge in [-0.15, -0.1) is 0 Å². The first-order valence-electron chi connectivity index (χ1n) is 8.11. The monoisotopic (exact) mass is 384 g/mol. The number of hydrogen-bond donors (Lipinski definition) is 0. The van der Waals surface area contributed by atoms with Crippen LogP contribution in [-0.2, 0) is 19.4 Å². The van der Waals surface area contributed by atoms with Crippen LogP contribution in [0.15, 0.2) is 51.5 Å². The minimum Gasteiger partial charge on any atom is -0.484 e. The standard InChI is InChI=1S/C19H17BrN2O2/c20-16-8-5-14(6-9-16)19-21-18(24-22-19)12-23-17-10-7-13-3-1-2-4-15(13)11-17/h5-11H,1-4,12H2. The van der Waals surface area contributed by atoms with Gasteiger partial charge in [0, 0.05) is 10.0 Å². The molecular weight excluding hydrogens is 368 g/mol. The van der Waals surface area contributed by atoms with Crippen molar-refractivity contribution in [2.45, 2.75) is 32.3 Å². The van der Waals surface area contributed by atoms with Gasteiger partial charge < -0.3 is 9.26 Å². The molecule has 4 nitrogen and oxygen atoms in total. The number of ether oxygens (including phenoxy) is 1. The van der Waals surface area contributed by atoms with Gasteiger partial charge in [-0.2, -0.15) is 4.98 Å². The lowest BCUT2D eigenvalue weighted by atomic mass is 9.92. The topological polar surface area (TPSA) is 48.2 Å². The van der Waals surface area contributed by atoms with Crippen LogP contribution in [0.3, 0.4) is 0 Å². The van der Waals surface area contributed by atoms with E-state index in [9.17, 15) is 0 Å². The van der Waals surface area contributed by atoms with Crippen molar-refractivity contribution in [2.75, 3.05) is 0 Å². The average molecular weight is 385 g/mol. The molecule has 1 heterocycles. The van der Waals surface area contributed by atoms with Crippen LogP contribution in [0.2, 0.25) is 0 Å². The van der Waals surface area contributed by atoms with Gasteiger partial charge in [0.25, 0.3) is 5.89 Å².